The summed E-state index contributed by atoms with van der Waals surface area (Å²) in [5, 5.41) is 5.49. The summed E-state index contributed by atoms with van der Waals surface area (Å²) in [7, 11) is 0. The number of benzene rings is 1. The average Bonchev–Trinajstić information content (AvgIpc) is 3.25. The second-order valence-electron chi connectivity index (χ2n) is 6.30. The minimum atomic E-state index is -0.583. The fourth-order valence-electron chi connectivity index (χ4n) is 3.48. The van der Waals surface area contributed by atoms with E-state index in [1.807, 2.05) is 6.20 Å². The van der Waals surface area contributed by atoms with Crippen molar-refractivity contribution in [3.8, 4) is 0 Å². The van der Waals surface area contributed by atoms with E-state index in [1.165, 1.54) is 16.5 Å². The molecule has 1 aliphatic rings. The summed E-state index contributed by atoms with van der Waals surface area (Å²) in [6, 6.07) is 8.72. The van der Waals surface area contributed by atoms with Crippen molar-refractivity contribution in [3.05, 3.63) is 48.2 Å². The molecule has 2 aromatic heterocycles. The van der Waals surface area contributed by atoms with Crippen molar-refractivity contribution in [3.63, 3.8) is 0 Å². The fraction of sp³-hybridized carbons (Fsp3) is 0.353. The third-order valence-corrected chi connectivity index (χ3v) is 4.66. The minimum absolute atomic E-state index is 0.0872. The van der Waals surface area contributed by atoms with Crippen LogP contribution in [0.3, 0.4) is 0 Å². The van der Waals surface area contributed by atoms with Crippen LogP contribution in [0.1, 0.15) is 35.1 Å². The Kier molecular flexibility index (Phi) is 3.78. The molecule has 1 aromatic carbocycles. The Labute approximate surface area is 139 Å². The van der Waals surface area contributed by atoms with Crippen molar-refractivity contribution in [2.75, 3.05) is 13.1 Å². The molecule has 3 N–H and O–H groups in total. The number of aromatic nitrogens is 4. The van der Waals surface area contributed by atoms with Crippen LogP contribution in [0.15, 0.2) is 36.8 Å². The Hall–Kier alpha value is -2.67. The first kappa shape index (κ1) is 14.9. The van der Waals surface area contributed by atoms with E-state index in [0.717, 1.165) is 32.5 Å². The number of amides is 1. The minimum Gasteiger partial charge on any atom is -0.363 e. The molecule has 1 amide bonds. The van der Waals surface area contributed by atoms with Gasteiger partial charge in [0.05, 0.1) is 6.04 Å². The maximum absolute atomic E-state index is 11.2. The molecule has 1 aliphatic heterocycles. The molecular formula is C17H20N6O. The zero-order valence-corrected chi connectivity index (χ0v) is 13.4. The highest BCUT2D eigenvalue weighted by Gasteiger charge is 2.23. The monoisotopic (exact) mass is 324 g/mol. The number of likely N-dealkylation sites (tertiary alicyclic amines) is 1. The van der Waals surface area contributed by atoms with E-state index in [9.17, 15) is 4.79 Å². The van der Waals surface area contributed by atoms with Crippen LogP contribution in [-0.4, -0.2) is 43.6 Å². The lowest BCUT2D eigenvalue weighted by Crippen LogP contribution is -2.36. The van der Waals surface area contributed by atoms with E-state index in [1.54, 1.807) is 11.0 Å². The van der Waals surface area contributed by atoms with Crippen LogP contribution in [0.4, 0.5) is 0 Å². The zero-order chi connectivity index (χ0) is 16.5. The molecular weight excluding hydrogens is 304 g/mol. The topological polar surface area (TPSA) is 92.8 Å². The van der Waals surface area contributed by atoms with Crippen molar-refractivity contribution >= 4 is 16.8 Å². The number of hydrogen-bond donors (Lipinski definition) is 2. The molecule has 0 bridgehead atoms. The molecule has 7 heteroatoms. The van der Waals surface area contributed by atoms with Crippen molar-refractivity contribution in [2.45, 2.75) is 25.4 Å². The number of piperidine rings is 1. The summed E-state index contributed by atoms with van der Waals surface area (Å²) in [5.41, 5.74) is 7.73. The molecule has 7 nitrogen and oxygen atoms in total. The van der Waals surface area contributed by atoms with Gasteiger partial charge < -0.3 is 10.7 Å². The van der Waals surface area contributed by atoms with Crippen LogP contribution in [0.25, 0.3) is 10.9 Å². The predicted molar refractivity (Wildman–Crippen MR) is 90.4 cm³/mol. The number of nitrogens with two attached hydrogens (primary N) is 1. The Bertz CT molecular complexity index is 867. The van der Waals surface area contributed by atoms with E-state index in [2.05, 4.69) is 44.2 Å². The van der Waals surface area contributed by atoms with Gasteiger partial charge in [0.1, 0.15) is 6.33 Å². The molecule has 124 valence electrons. The smallest absolute Gasteiger partial charge is 0.288 e. The number of hydrogen-bond acceptors (Lipinski definition) is 4. The maximum Gasteiger partial charge on any atom is 0.288 e. The van der Waals surface area contributed by atoms with Gasteiger partial charge in [-0.05, 0) is 37.1 Å². The fourth-order valence-corrected chi connectivity index (χ4v) is 3.48. The molecule has 0 spiro atoms. The summed E-state index contributed by atoms with van der Waals surface area (Å²) in [4.78, 5) is 20.9. The number of H-pyrrole nitrogens is 1. The van der Waals surface area contributed by atoms with Gasteiger partial charge in [0.15, 0.2) is 0 Å². The summed E-state index contributed by atoms with van der Waals surface area (Å²) in [6.45, 7) is 2.86. The number of nitrogens with one attached hydrogen (secondary N) is 1. The highest BCUT2D eigenvalue weighted by atomic mass is 16.1. The molecule has 3 heterocycles. The third-order valence-electron chi connectivity index (χ3n) is 4.66. The molecule has 0 unspecified atom stereocenters. The molecule has 4 rings (SSSR count). The van der Waals surface area contributed by atoms with Crippen molar-refractivity contribution < 1.29 is 4.79 Å². The van der Waals surface area contributed by atoms with Gasteiger partial charge in [-0.1, -0.05) is 12.1 Å². The van der Waals surface area contributed by atoms with Gasteiger partial charge in [0.2, 0.25) is 5.82 Å². The van der Waals surface area contributed by atoms with Crippen LogP contribution < -0.4 is 5.73 Å². The normalized spacial score (nSPS) is 18.9. The van der Waals surface area contributed by atoms with Gasteiger partial charge >= 0.3 is 0 Å². The highest BCUT2D eigenvalue weighted by molar-refractivity contribution is 5.88. The molecule has 1 fully saturated rings. The molecule has 1 atom stereocenters. The lowest BCUT2D eigenvalue weighted by Gasteiger charge is -2.32. The number of fused-ring (bicyclic) bond motifs is 1. The van der Waals surface area contributed by atoms with Crippen LogP contribution >= 0.6 is 0 Å². The second-order valence-corrected chi connectivity index (χ2v) is 6.30. The number of nitrogens with zero attached hydrogens (tertiary/aromatic N) is 4. The first-order valence-electron chi connectivity index (χ1n) is 8.19. The summed E-state index contributed by atoms with van der Waals surface area (Å²) in [6.07, 6.45) is 5.72. The standard InChI is InChI=1S/C17H20N6O/c18-16(24)17-20-11-23(21-17)13-4-2-8-22(10-13)9-12-3-1-5-15-14(12)6-7-19-15/h1,3,5-7,11,13,19H,2,4,8-10H2,(H2,18,24)/t13-/m0/s1. The lowest BCUT2D eigenvalue weighted by molar-refractivity contribution is 0.0989. The van der Waals surface area contributed by atoms with Crippen molar-refractivity contribution in [1.82, 2.24) is 24.6 Å². The predicted octanol–water partition coefficient (Wildman–Crippen LogP) is 1.70. The quantitative estimate of drug-likeness (QED) is 0.764. The van der Waals surface area contributed by atoms with E-state index in [0.29, 0.717) is 0 Å². The first-order valence-corrected chi connectivity index (χ1v) is 8.19. The van der Waals surface area contributed by atoms with Crippen LogP contribution in [0.2, 0.25) is 0 Å². The van der Waals surface area contributed by atoms with Crippen LogP contribution in [0, 0.1) is 0 Å². The van der Waals surface area contributed by atoms with Gasteiger partial charge in [-0.25, -0.2) is 9.67 Å². The molecule has 0 saturated carbocycles. The molecule has 3 aromatic rings. The Morgan fingerprint density at radius 2 is 2.29 bits per heavy atom. The van der Waals surface area contributed by atoms with Gasteiger partial charge in [-0.3, -0.25) is 9.69 Å². The Balaban J connectivity index is 1.50. The molecule has 0 radical (unpaired) electrons. The van der Waals surface area contributed by atoms with Gasteiger partial charge in [-0.15, -0.1) is 5.10 Å². The summed E-state index contributed by atoms with van der Waals surface area (Å²) >= 11 is 0. The molecule has 1 saturated heterocycles. The molecule has 24 heavy (non-hydrogen) atoms. The van der Waals surface area contributed by atoms with Crippen molar-refractivity contribution in [2.24, 2.45) is 5.73 Å². The van der Waals surface area contributed by atoms with Crippen LogP contribution in [-0.2, 0) is 6.54 Å². The van der Waals surface area contributed by atoms with E-state index < -0.39 is 5.91 Å². The third kappa shape index (κ3) is 2.78. The largest absolute Gasteiger partial charge is 0.363 e. The number of primary amides is 1. The Morgan fingerprint density at radius 3 is 3.12 bits per heavy atom. The second kappa shape index (κ2) is 6.09. The SMILES string of the molecule is NC(=O)c1ncn([C@H]2CCCN(Cc3cccc4[nH]ccc34)C2)n1. The van der Waals surface area contributed by atoms with Crippen LogP contribution in [0.5, 0.6) is 0 Å². The average molecular weight is 324 g/mol. The number of carbonyl (C=O) groups excluding carboxylic acids is 1. The van der Waals surface area contributed by atoms with Crippen molar-refractivity contribution in [1.29, 1.82) is 0 Å². The lowest BCUT2D eigenvalue weighted by atomic mass is 10.0. The maximum atomic E-state index is 11.2. The first-order chi connectivity index (χ1) is 11.7. The summed E-state index contributed by atoms with van der Waals surface area (Å²) < 4.78 is 1.78. The number of aromatic amines is 1. The zero-order valence-electron chi connectivity index (χ0n) is 13.4. The van der Waals surface area contributed by atoms with Gasteiger partial charge in [0, 0.05) is 30.2 Å². The number of carbonyl (C=O) groups is 1. The van der Waals surface area contributed by atoms with E-state index in [4.69, 9.17) is 5.73 Å². The number of rotatable bonds is 4. The van der Waals surface area contributed by atoms with Gasteiger partial charge in [-0.2, -0.15) is 0 Å². The Morgan fingerprint density at radius 1 is 1.38 bits per heavy atom. The highest BCUT2D eigenvalue weighted by Crippen LogP contribution is 2.24. The van der Waals surface area contributed by atoms with Gasteiger partial charge in [0.25, 0.3) is 5.91 Å². The summed E-state index contributed by atoms with van der Waals surface area (Å²) in [5.74, 6) is -0.496. The molecule has 0 aliphatic carbocycles. The van der Waals surface area contributed by atoms with E-state index >= 15 is 0 Å². The van der Waals surface area contributed by atoms with E-state index in [-0.39, 0.29) is 11.9 Å².